The number of rotatable bonds is 2. The predicted molar refractivity (Wildman–Crippen MR) is 67.2 cm³/mol. The van der Waals surface area contributed by atoms with Gasteiger partial charge >= 0.3 is 0 Å². The van der Waals surface area contributed by atoms with Gasteiger partial charge in [-0.15, -0.1) is 12.4 Å². The van der Waals surface area contributed by atoms with E-state index >= 15 is 0 Å². The van der Waals surface area contributed by atoms with Crippen LogP contribution in [-0.2, 0) is 0 Å². The maximum atomic E-state index is 12.8. The summed E-state index contributed by atoms with van der Waals surface area (Å²) in [6.45, 7) is 0. The van der Waals surface area contributed by atoms with Crippen LogP contribution in [0.2, 0.25) is 0 Å². The fourth-order valence-corrected chi connectivity index (χ4v) is 2.45. The Labute approximate surface area is 103 Å². The molecule has 1 saturated carbocycles. The van der Waals surface area contributed by atoms with Gasteiger partial charge in [0.1, 0.15) is 5.82 Å². The third-order valence-corrected chi connectivity index (χ3v) is 3.41. The van der Waals surface area contributed by atoms with Crippen LogP contribution in [-0.4, -0.2) is 0 Å². The lowest BCUT2D eigenvalue weighted by Gasteiger charge is -2.27. The van der Waals surface area contributed by atoms with Crippen molar-refractivity contribution in [2.75, 3.05) is 0 Å². The average molecular weight is 244 g/mol. The van der Waals surface area contributed by atoms with Gasteiger partial charge in [0.05, 0.1) is 0 Å². The van der Waals surface area contributed by atoms with Crippen LogP contribution < -0.4 is 5.73 Å². The molecule has 0 aliphatic heterocycles. The highest BCUT2D eigenvalue weighted by Crippen LogP contribution is 2.32. The Hall–Kier alpha value is -0.600. The first-order valence-electron chi connectivity index (χ1n) is 5.78. The zero-order valence-corrected chi connectivity index (χ0v) is 10.2. The zero-order valence-electron chi connectivity index (χ0n) is 9.36. The lowest BCUT2D eigenvalue weighted by molar-refractivity contribution is 0.308. The first-order valence-corrected chi connectivity index (χ1v) is 5.78. The topological polar surface area (TPSA) is 26.0 Å². The summed E-state index contributed by atoms with van der Waals surface area (Å²) in [6, 6.07) is 6.71. The minimum Gasteiger partial charge on any atom is -0.324 e. The molecule has 0 heterocycles. The quantitative estimate of drug-likeness (QED) is 0.840. The summed E-state index contributed by atoms with van der Waals surface area (Å²) < 4.78 is 12.8. The van der Waals surface area contributed by atoms with Crippen LogP contribution in [0.1, 0.15) is 43.7 Å². The minimum atomic E-state index is -0.186. The Morgan fingerprint density at radius 2 is 1.62 bits per heavy atom. The molecule has 1 fully saturated rings. The van der Waals surface area contributed by atoms with Crippen molar-refractivity contribution < 1.29 is 4.39 Å². The second kappa shape index (κ2) is 6.21. The van der Waals surface area contributed by atoms with Crippen LogP contribution in [0.25, 0.3) is 0 Å². The van der Waals surface area contributed by atoms with Gasteiger partial charge in [0.25, 0.3) is 0 Å². The Balaban J connectivity index is 0.00000128. The summed E-state index contributed by atoms with van der Waals surface area (Å²) >= 11 is 0. The third-order valence-electron chi connectivity index (χ3n) is 3.41. The monoisotopic (exact) mass is 243 g/mol. The van der Waals surface area contributed by atoms with Crippen molar-refractivity contribution in [3.8, 4) is 0 Å². The highest BCUT2D eigenvalue weighted by atomic mass is 35.5. The molecular weight excluding hydrogens is 225 g/mol. The highest BCUT2D eigenvalue weighted by molar-refractivity contribution is 5.85. The van der Waals surface area contributed by atoms with Crippen LogP contribution >= 0.6 is 12.4 Å². The lowest BCUT2D eigenvalue weighted by Crippen LogP contribution is -2.23. The molecule has 0 unspecified atom stereocenters. The van der Waals surface area contributed by atoms with E-state index in [1.54, 1.807) is 0 Å². The van der Waals surface area contributed by atoms with E-state index < -0.39 is 0 Å². The third kappa shape index (κ3) is 3.19. The molecule has 0 radical (unpaired) electrons. The largest absolute Gasteiger partial charge is 0.324 e. The first-order chi connectivity index (χ1) is 7.27. The van der Waals surface area contributed by atoms with Crippen molar-refractivity contribution in [2.45, 2.75) is 38.1 Å². The SMILES string of the molecule is Cl.N[C@H](c1ccc(F)cc1)C1CCCCC1. The summed E-state index contributed by atoms with van der Waals surface area (Å²) in [7, 11) is 0. The average Bonchev–Trinajstić information content (AvgIpc) is 2.30. The molecule has 1 aromatic rings. The molecule has 1 nitrogen and oxygen atoms in total. The summed E-state index contributed by atoms with van der Waals surface area (Å²) in [5, 5.41) is 0. The molecule has 0 bridgehead atoms. The minimum absolute atomic E-state index is 0. The molecule has 1 atom stereocenters. The molecule has 1 aliphatic carbocycles. The zero-order chi connectivity index (χ0) is 10.7. The molecule has 0 spiro atoms. The molecule has 0 amide bonds. The summed E-state index contributed by atoms with van der Waals surface area (Å²) in [4.78, 5) is 0. The van der Waals surface area contributed by atoms with Gasteiger partial charge in [-0.05, 0) is 36.5 Å². The molecule has 1 aliphatic rings. The molecule has 0 saturated heterocycles. The van der Waals surface area contributed by atoms with E-state index in [0.717, 1.165) is 5.56 Å². The standard InChI is InChI=1S/C13H18FN.ClH/c14-12-8-6-11(7-9-12)13(15)10-4-2-1-3-5-10;/h6-10,13H,1-5,15H2;1H/t13-;/m0./s1. The molecule has 2 rings (SSSR count). The number of hydrogen-bond acceptors (Lipinski definition) is 1. The van der Waals surface area contributed by atoms with E-state index in [1.807, 2.05) is 12.1 Å². The fourth-order valence-electron chi connectivity index (χ4n) is 2.45. The van der Waals surface area contributed by atoms with Crippen molar-refractivity contribution in [3.63, 3.8) is 0 Å². The van der Waals surface area contributed by atoms with Gasteiger partial charge in [-0.2, -0.15) is 0 Å². The number of nitrogens with two attached hydrogens (primary N) is 1. The van der Waals surface area contributed by atoms with Gasteiger partial charge in [0.15, 0.2) is 0 Å². The Morgan fingerprint density at radius 3 is 2.19 bits per heavy atom. The van der Waals surface area contributed by atoms with Crippen LogP contribution in [0, 0.1) is 11.7 Å². The molecule has 16 heavy (non-hydrogen) atoms. The lowest BCUT2D eigenvalue weighted by atomic mass is 9.81. The maximum Gasteiger partial charge on any atom is 0.123 e. The van der Waals surface area contributed by atoms with Crippen LogP contribution in [0.4, 0.5) is 4.39 Å². The fraction of sp³-hybridized carbons (Fsp3) is 0.538. The van der Waals surface area contributed by atoms with Gasteiger partial charge in [-0.1, -0.05) is 31.4 Å². The van der Waals surface area contributed by atoms with E-state index in [0.29, 0.717) is 5.92 Å². The van der Waals surface area contributed by atoms with Crippen molar-refractivity contribution >= 4 is 12.4 Å². The van der Waals surface area contributed by atoms with Crippen LogP contribution in [0.3, 0.4) is 0 Å². The first kappa shape index (κ1) is 13.5. The van der Waals surface area contributed by atoms with Crippen LogP contribution in [0.15, 0.2) is 24.3 Å². The molecule has 1 aromatic carbocycles. The Bertz CT molecular complexity index is 306. The molecular formula is C13H19ClFN. The second-order valence-corrected chi connectivity index (χ2v) is 4.48. The van der Waals surface area contributed by atoms with Crippen molar-refractivity contribution in [1.82, 2.24) is 0 Å². The molecule has 2 N–H and O–H groups in total. The van der Waals surface area contributed by atoms with Crippen molar-refractivity contribution in [1.29, 1.82) is 0 Å². The van der Waals surface area contributed by atoms with Gasteiger partial charge in [-0.25, -0.2) is 4.39 Å². The van der Waals surface area contributed by atoms with Gasteiger partial charge in [0.2, 0.25) is 0 Å². The van der Waals surface area contributed by atoms with Crippen molar-refractivity contribution in [3.05, 3.63) is 35.6 Å². The highest BCUT2D eigenvalue weighted by Gasteiger charge is 2.21. The van der Waals surface area contributed by atoms with E-state index in [-0.39, 0.29) is 24.3 Å². The van der Waals surface area contributed by atoms with Crippen molar-refractivity contribution in [2.24, 2.45) is 11.7 Å². The molecule has 90 valence electrons. The second-order valence-electron chi connectivity index (χ2n) is 4.48. The van der Waals surface area contributed by atoms with E-state index in [9.17, 15) is 4.39 Å². The maximum absolute atomic E-state index is 12.8. The van der Waals surface area contributed by atoms with Gasteiger partial charge < -0.3 is 5.73 Å². The molecule has 0 aromatic heterocycles. The van der Waals surface area contributed by atoms with E-state index in [2.05, 4.69) is 0 Å². The summed E-state index contributed by atoms with van der Waals surface area (Å²) in [6.07, 6.45) is 6.36. The smallest absolute Gasteiger partial charge is 0.123 e. The van der Waals surface area contributed by atoms with E-state index in [1.165, 1.54) is 44.2 Å². The Morgan fingerprint density at radius 1 is 1.06 bits per heavy atom. The van der Waals surface area contributed by atoms with Gasteiger partial charge in [-0.3, -0.25) is 0 Å². The number of halogens is 2. The van der Waals surface area contributed by atoms with E-state index in [4.69, 9.17) is 5.73 Å². The number of hydrogen-bond donors (Lipinski definition) is 1. The Kier molecular flexibility index (Phi) is 5.23. The summed E-state index contributed by atoms with van der Waals surface area (Å²) in [5.41, 5.74) is 7.27. The van der Waals surface area contributed by atoms with Crippen LogP contribution in [0.5, 0.6) is 0 Å². The predicted octanol–water partition coefficient (Wildman–Crippen LogP) is 3.83. The normalized spacial score (nSPS) is 18.9. The number of benzene rings is 1. The van der Waals surface area contributed by atoms with Gasteiger partial charge in [0, 0.05) is 6.04 Å². The summed E-state index contributed by atoms with van der Waals surface area (Å²) in [5.74, 6) is 0.402. The molecule has 3 heteroatoms.